The summed E-state index contributed by atoms with van der Waals surface area (Å²) in [6, 6.07) is 10.5. The number of aryl methyl sites for hydroxylation is 1. The van der Waals surface area contributed by atoms with Crippen molar-refractivity contribution in [2.24, 2.45) is 5.92 Å². The van der Waals surface area contributed by atoms with Gasteiger partial charge < -0.3 is 5.32 Å². The number of aromatic nitrogens is 2. The van der Waals surface area contributed by atoms with E-state index >= 15 is 0 Å². The fourth-order valence-corrected chi connectivity index (χ4v) is 2.72. The van der Waals surface area contributed by atoms with E-state index in [0.717, 1.165) is 25.6 Å². The number of nitrogens with one attached hydrogen (secondary N) is 1. The SMILES string of the molecule is Cc1nn(Cc2ccccc2)c(C)c1CC1CNC1. The number of benzene rings is 1. The molecule has 0 saturated carbocycles. The Hall–Kier alpha value is -1.61. The van der Waals surface area contributed by atoms with Crippen LogP contribution < -0.4 is 5.32 Å². The highest BCUT2D eigenvalue weighted by atomic mass is 15.3. The van der Waals surface area contributed by atoms with Gasteiger partial charge in [0.15, 0.2) is 0 Å². The minimum absolute atomic E-state index is 0.798. The van der Waals surface area contributed by atoms with Crippen LogP contribution in [0.1, 0.15) is 22.5 Å². The molecular formula is C16H21N3. The van der Waals surface area contributed by atoms with Crippen molar-refractivity contribution in [1.82, 2.24) is 15.1 Å². The first-order valence-corrected chi connectivity index (χ1v) is 7.01. The monoisotopic (exact) mass is 255 g/mol. The lowest BCUT2D eigenvalue weighted by Gasteiger charge is -2.27. The summed E-state index contributed by atoms with van der Waals surface area (Å²) in [4.78, 5) is 0. The zero-order valence-corrected chi connectivity index (χ0v) is 11.7. The predicted molar refractivity (Wildman–Crippen MR) is 77.3 cm³/mol. The molecule has 1 aromatic carbocycles. The minimum atomic E-state index is 0.798. The largest absolute Gasteiger partial charge is 0.316 e. The first-order chi connectivity index (χ1) is 9.24. The molecule has 1 aliphatic heterocycles. The maximum atomic E-state index is 4.71. The average Bonchev–Trinajstić information content (AvgIpc) is 2.61. The smallest absolute Gasteiger partial charge is 0.0662 e. The van der Waals surface area contributed by atoms with E-state index in [1.165, 1.54) is 28.9 Å². The summed E-state index contributed by atoms with van der Waals surface area (Å²) in [6.07, 6.45) is 1.17. The molecule has 2 heterocycles. The normalized spacial score (nSPS) is 15.5. The summed E-state index contributed by atoms with van der Waals surface area (Å²) < 4.78 is 2.14. The summed E-state index contributed by atoms with van der Waals surface area (Å²) in [5, 5.41) is 8.05. The van der Waals surface area contributed by atoms with E-state index in [1.54, 1.807) is 0 Å². The summed E-state index contributed by atoms with van der Waals surface area (Å²) in [6.45, 7) is 7.52. The quantitative estimate of drug-likeness (QED) is 0.908. The van der Waals surface area contributed by atoms with Gasteiger partial charge in [-0.05, 0) is 50.4 Å². The molecule has 3 rings (SSSR count). The molecule has 2 aromatic rings. The Morgan fingerprint density at radius 1 is 1.21 bits per heavy atom. The van der Waals surface area contributed by atoms with Gasteiger partial charge in [-0.2, -0.15) is 5.10 Å². The molecule has 1 saturated heterocycles. The molecule has 0 radical (unpaired) electrons. The molecule has 1 N–H and O–H groups in total. The molecule has 0 unspecified atom stereocenters. The fraction of sp³-hybridized carbons (Fsp3) is 0.438. The van der Waals surface area contributed by atoms with E-state index in [4.69, 9.17) is 5.10 Å². The standard InChI is InChI=1S/C16H21N3/c1-12-16(8-15-9-17-10-15)13(2)19(18-12)11-14-6-4-3-5-7-14/h3-7,15,17H,8-11H2,1-2H3. The molecule has 19 heavy (non-hydrogen) atoms. The van der Waals surface area contributed by atoms with Gasteiger partial charge in [0.05, 0.1) is 12.2 Å². The average molecular weight is 255 g/mol. The van der Waals surface area contributed by atoms with E-state index in [1.807, 2.05) is 0 Å². The Morgan fingerprint density at radius 2 is 1.95 bits per heavy atom. The molecule has 3 nitrogen and oxygen atoms in total. The van der Waals surface area contributed by atoms with Crippen LogP contribution in [0.3, 0.4) is 0 Å². The van der Waals surface area contributed by atoms with Crippen molar-refractivity contribution in [3.8, 4) is 0 Å². The van der Waals surface area contributed by atoms with Crippen LogP contribution in [0, 0.1) is 19.8 Å². The Bertz CT molecular complexity index is 553. The summed E-state index contributed by atoms with van der Waals surface area (Å²) in [5.41, 5.74) is 5.28. The van der Waals surface area contributed by atoms with Crippen LogP contribution in [-0.4, -0.2) is 22.9 Å². The second-order valence-corrected chi connectivity index (χ2v) is 5.52. The van der Waals surface area contributed by atoms with Gasteiger partial charge in [0.1, 0.15) is 0 Å². The van der Waals surface area contributed by atoms with Crippen molar-refractivity contribution in [3.63, 3.8) is 0 Å². The van der Waals surface area contributed by atoms with Gasteiger partial charge in [-0.25, -0.2) is 0 Å². The van der Waals surface area contributed by atoms with Crippen molar-refractivity contribution >= 4 is 0 Å². The third-order valence-electron chi connectivity index (χ3n) is 4.07. The van der Waals surface area contributed by atoms with Crippen LogP contribution >= 0.6 is 0 Å². The van der Waals surface area contributed by atoms with Crippen LogP contribution in [0.2, 0.25) is 0 Å². The van der Waals surface area contributed by atoms with E-state index in [9.17, 15) is 0 Å². The molecule has 1 aromatic heterocycles. The van der Waals surface area contributed by atoms with Crippen molar-refractivity contribution in [1.29, 1.82) is 0 Å². The van der Waals surface area contributed by atoms with Gasteiger partial charge in [0, 0.05) is 5.69 Å². The Morgan fingerprint density at radius 3 is 2.58 bits per heavy atom. The van der Waals surface area contributed by atoms with Crippen molar-refractivity contribution in [3.05, 3.63) is 52.8 Å². The van der Waals surface area contributed by atoms with E-state index in [0.29, 0.717) is 0 Å². The highest BCUT2D eigenvalue weighted by Gasteiger charge is 2.21. The van der Waals surface area contributed by atoms with Gasteiger partial charge in [0.2, 0.25) is 0 Å². The van der Waals surface area contributed by atoms with Crippen molar-refractivity contribution in [2.75, 3.05) is 13.1 Å². The lowest BCUT2D eigenvalue weighted by molar-refractivity contribution is 0.345. The highest BCUT2D eigenvalue weighted by molar-refractivity contribution is 5.27. The lowest BCUT2D eigenvalue weighted by atomic mass is 9.93. The third-order valence-corrected chi connectivity index (χ3v) is 4.07. The number of hydrogen-bond donors (Lipinski definition) is 1. The van der Waals surface area contributed by atoms with Crippen LogP contribution in [0.25, 0.3) is 0 Å². The Balaban J connectivity index is 1.80. The van der Waals surface area contributed by atoms with E-state index in [2.05, 4.69) is 54.2 Å². The molecule has 0 atom stereocenters. The first kappa shape index (κ1) is 12.4. The summed E-state index contributed by atoms with van der Waals surface area (Å²) >= 11 is 0. The second-order valence-electron chi connectivity index (χ2n) is 5.52. The molecule has 1 fully saturated rings. The topological polar surface area (TPSA) is 29.9 Å². The van der Waals surface area contributed by atoms with E-state index < -0.39 is 0 Å². The van der Waals surface area contributed by atoms with Crippen LogP contribution in [-0.2, 0) is 13.0 Å². The predicted octanol–water partition coefficient (Wildman–Crippen LogP) is 2.31. The molecule has 100 valence electrons. The minimum Gasteiger partial charge on any atom is -0.316 e. The number of rotatable bonds is 4. The van der Waals surface area contributed by atoms with Gasteiger partial charge in [-0.3, -0.25) is 4.68 Å². The number of hydrogen-bond acceptors (Lipinski definition) is 2. The van der Waals surface area contributed by atoms with Crippen LogP contribution in [0.5, 0.6) is 0 Å². The molecular weight excluding hydrogens is 234 g/mol. The first-order valence-electron chi connectivity index (χ1n) is 7.01. The molecule has 3 heteroatoms. The van der Waals surface area contributed by atoms with Crippen LogP contribution in [0.15, 0.2) is 30.3 Å². The zero-order chi connectivity index (χ0) is 13.2. The highest BCUT2D eigenvalue weighted by Crippen LogP contribution is 2.20. The second kappa shape index (κ2) is 5.17. The van der Waals surface area contributed by atoms with Gasteiger partial charge >= 0.3 is 0 Å². The summed E-state index contributed by atoms with van der Waals surface area (Å²) in [5.74, 6) is 0.798. The van der Waals surface area contributed by atoms with Crippen LogP contribution in [0.4, 0.5) is 0 Å². The summed E-state index contributed by atoms with van der Waals surface area (Å²) in [7, 11) is 0. The van der Waals surface area contributed by atoms with Gasteiger partial charge in [-0.15, -0.1) is 0 Å². The fourth-order valence-electron chi connectivity index (χ4n) is 2.72. The lowest BCUT2D eigenvalue weighted by Crippen LogP contribution is -2.43. The third kappa shape index (κ3) is 2.56. The number of nitrogens with zero attached hydrogens (tertiary/aromatic N) is 2. The molecule has 0 bridgehead atoms. The maximum absolute atomic E-state index is 4.71. The molecule has 1 aliphatic rings. The molecule has 0 amide bonds. The Kier molecular flexibility index (Phi) is 3.38. The zero-order valence-electron chi connectivity index (χ0n) is 11.7. The van der Waals surface area contributed by atoms with Gasteiger partial charge in [-0.1, -0.05) is 30.3 Å². The van der Waals surface area contributed by atoms with E-state index in [-0.39, 0.29) is 0 Å². The van der Waals surface area contributed by atoms with Gasteiger partial charge in [0.25, 0.3) is 0 Å². The van der Waals surface area contributed by atoms with Crippen molar-refractivity contribution < 1.29 is 0 Å². The van der Waals surface area contributed by atoms with Crippen molar-refractivity contribution in [2.45, 2.75) is 26.8 Å². The molecule has 0 aliphatic carbocycles. The molecule has 0 spiro atoms. The maximum Gasteiger partial charge on any atom is 0.0662 e. The Labute approximate surface area is 114 Å².